The Labute approximate surface area is 124 Å². The van der Waals surface area contributed by atoms with Gasteiger partial charge in [0.25, 0.3) is 0 Å². The minimum atomic E-state index is -0.387. The Hall–Kier alpha value is -1.38. The van der Waals surface area contributed by atoms with Gasteiger partial charge < -0.3 is 5.73 Å². The van der Waals surface area contributed by atoms with Crippen molar-refractivity contribution in [2.45, 2.75) is 31.7 Å². The molecule has 0 saturated carbocycles. The molecule has 0 aliphatic heterocycles. The molecule has 2 aromatic rings. The zero-order valence-electron chi connectivity index (χ0n) is 11.6. The molecule has 0 radical (unpaired) electrons. The predicted octanol–water partition coefficient (Wildman–Crippen LogP) is 4.37. The van der Waals surface area contributed by atoms with Gasteiger partial charge in [-0.05, 0) is 42.5 Å². The zero-order valence-corrected chi connectivity index (χ0v) is 12.3. The van der Waals surface area contributed by atoms with Gasteiger partial charge in [0.05, 0.1) is 5.02 Å². The van der Waals surface area contributed by atoms with Crippen molar-refractivity contribution in [1.29, 1.82) is 0 Å². The summed E-state index contributed by atoms with van der Waals surface area (Å²) in [7, 11) is 0. The predicted molar refractivity (Wildman–Crippen MR) is 82.5 cm³/mol. The fraction of sp³-hybridized carbons (Fsp3) is 0.294. The van der Waals surface area contributed by atoms with Crippen LogP contribution >= 0.6 is 11.6 Å². The molecule has 2 aromatic carbocycles. The number of benzene rings is 2. The van der Waals surface area contributed by atoms with E-state index in [1.54, 1.807) is 6.07 Å². The minimum absolute atomic E-state index is 0.149. The topological polar surface area (TPSA) is 26.0 Å². The van der Waals surface area contributed by atoms with Crippen LogP contribution in [0.1, 0.15) is 24.5 Å². The zero-order chi connectivity index (χ0) is 14.6. The quantitative estimate of drug-likeness (QED) is 0.869. The van der Waals surface area contributed by atoms with Crippen LogP contribution in [-0.2, 0) is 12.8 Å². The molecule has 20 heavy (non-hydrogen) atoms. The van der Waals surface area contributed by atoms with Crippen LogP contribution in [-0.4, -0.2) is 5.54 Å². The summed E-state index contributed by atoms with van der Waals surface area (Å²) in [6.45, 7) is 2.06. The first-order chi connectivity index (χ1) is 9.52. The molecule has 1 nitrogen and oxygen atoms in total. The van der Waals surface area contributed by atoms with Crippen molar-refractivity contribution in [2.75, 3.05) is 0 Å². The van der Waals surface area contributed by atoms with Crippen molar-refractivity contribution in [3.05, 3.63) is 70.5 Å². The van der Waals surface area contributed by atoms with Crippen LogP contribution in [0.2, 0.25) is 5.02 Å². The van der Waals surface area contributed by atoms with Gasteiger partial charge in [0, 0.05) is 5.54 Å². The van der Waals surface area contributed by atoms with Crippen LogP contribution in [0.5, 0.6) is 0 Å². The summed E-state index contributed by atoms with van der Waals surface area (Å²) in [5.41, 5.74) is 8.20. The van der Waals surface area contributed by atoms with Gasteiger partial charge >= 0.3 is 0 Å². The first kappa shape index (κ1) is 15.0. The fourth-order valence-corrected chi connectivity index (χ4v) is 2.49. The van der Waals surface area contributed by atoms with Gasteiger partial charge in [0.15, 0.2) is 0 Å². The van der Waals surface area contributed by atoms with Crippen molar-refractivity contribution in [3.63, 3.8) is 0 Å². The average Bonchev–Trinajstić information content (AvgIpc) is 2.44. The van der Waals surface area contributed by atoms with Gasteiger partial charge in [0.1, 0.15) is 5.82 Å². The normalized spacial score (nSPS) is 14.0. The lowest BCUT2D eigenvalue weighted by atomic mass is 9.83. The Morgan fingerprint density at radius 3 is 2.30 bits per heavy atom. The molecule has 3 heteroatoms. The maximum atomic E-state index is 13.5. The third-order valence-electron chi connectivity index (χ3n) is 3.64. The molecular formula is C17H19ClFN. The second-order valence-corrected chi connectivity index (χ2v) is 5.71. The summed E-state index contributed by atoms with van der Waals surface area (Å²) >= 11 is 5.71. The van der Waals surface area contributed by atoms with E-state index < -0.39 is 0 Å². The van der Waals surface area contributed by atoms with Gasteiger partial charge in [-0.15, -0.1) is 0 Å². The van der Waals surface area contributed by atoms with E-state index in [1.807, 2.05) is 24.3 Å². The number of hydrogen-bond acceptors (Lipinski definition) is 1. The molecule has 0 aliphatic rings. The molecule has 0 amide bonds. The summed E-state index contributed by atoms with van der Waals surface area (Å²) < 4.78 is 13.5. The second-order valence-electron chi connectivity index (χ2n) is 5.30. The molecule has 2 rings (SSSR count). The molecule has 0 spiro atoms. The lowest BCUT2D eigenvalue weighted by molar-refractivity contribution is 0.403. The fourth-order valence-electron chi connectivity index (χ4n) is 2.37. The van der Waals surface area contributed by atoms with Gasteiger partial charge in [-0.3, -0.25) is 0 Å². The van der Waals surface area contributed by atoms with E-state index in [0.29, 0.717) is 6.42 Å². The van der Waals surface area contributed by atoms with Crippen molar-refractivity contribution in [3.8, 4) is 0 Å². The maximum Gasteiger partial charge on any atom is 0.142 e. The van der Waals surface area contributed by atoms with E-state index in [1.165, 1.54) is 11.6 Å². The van der Waals surface area contributed by atoms with E-state index in [-0.39, 0.29) is 16.4 Å². The van der Waals surface area contributed by atoms with Crippen LogP contribution < -0.4 is 5.73 Å². The highest BCUT2D eigenvalue weighted by Crippen LogP contribution is 2.23. The summed E-state index contributed by atoms with van der Waals surface area (Å²) in [6, 6.07) is 15.0. The third-order valence-corrected chi connectivity index (χ3v) is 3.95. The molecule has 1 unspecified atom stereocenters. The first-order valence-corrected chi connectivity index (χ1v) is 7.17. The summed E-state index contributed by atoms with van der Waals surface area (Å²) in [5.74, 6) is -0.387. The van der Waals surface area contributed by atoms with Gasteiger partial charge in [-0.1, -0.05) is 54.9 Å². The van der Waals surface area contributed by atoms with Gasteiger partial charge in [-0.25, -0.2) is 4.39 Å². The second kappa shape index (κ2) is 6.38. The van der Waals surface area contributed by atoms with E-state index in [0.717, 1.165) is 18.4 Å². The highest BCUT2D eigenvalue weighted by atomic mass is 35.5. The third kappa shape index (κ3) is 3.81. The van der Waals surface area contributed by atoms with E-state index in [9.17, 15) is 4.39 Å². The maximum absolute atomic E-state index is 13.5. The van der Waals surface area contributed by atoms with Crippen molar-refractivity contribution < 1.29 is 4.39 Å². The van der Waals surface area contributed by atoms with Gasteiger partial charge in [0.2, 0.25) is 0 Å². The molecule has 2 N–H and O–H groups in total. The number of halogens is 2. The van der Waals surface area contributed by atoms with E-state index in [2.05, 4.69) is 19.1 Å². The molecule has 0 aromatic heterocycles. The number of nitrogens with two attached hydrogens (primary N) is 1. The lowest BCUT2D eigenvalue weighted by Crippen LogP contribution is -2.43. The molecule has 0 heterocycles. The smallest absolute Gasteiger partial charge is 0.142 e. The standard InChI is InChI=1S/C17H19ClFN/c1-2-17(20,11-13-6-4-3-5-7-13)12-14-8-9-15(18)16(19)10-14/h3-10H,2,11-12,20H2,1H3. The minimum Gasteiger partial charge on any atom is -0.325 e. The highest BCUT2D eigenvalue weighted by molar-refractivity contribution is 6.30. The Bertz CT molecular complexity index is 570. The number of rotatable bonds is 5. The van der Waals surface area contributed by atoms with Crippen molar-refractivity contribution in [1.82, 2.24) is 0 Å². The Morgan fingerprint density at radius 1 is 1.05 bits per heavy atom. The molecule has 0 bridgehead atoms. The van der Waals surface area contributed by atoms with Crippen molar-refractivity contribution >= 4 is 11.6 Å². The average molecular weight is 292 g/mol. The van der Waals surface area contributed by atoms with Crippen LogP contribution in [0, 0.1) is 5.82 Å². The Balaban J connectivity index is 2.16. The summed E-state index contributed by atoms with van der Waals surface area (Å²) in [5, 5.41) is 0.149. The Morgan fingerprint density at radius 2 is 1.70 bits per heavy atom. The number of hydrogen-bond donors (Lipinski definition) is 1. The Kier molecular flexibility index (Phi) is 4.79. The first-order valence-electron chi connectivity index (χ1n) is 6.79. The van der Waals surface area contributed by atoms with E-state index in [4.69, 9.17) is 17.3 Å². The molecule has 0 aliphatic carbocycles. The monoisotopic (exact) mass is 291 g/mol. The SMILES string of the molecule is CCC(N)(Cc1ccccc1)Cc1ccc(Cl)c(F)c1. The van der Waals surface area contributed by atoms with Gasteiger partial charge in [-0.2, -0.15) is 0 Å². The molecule has 0 fully saturated rings. The van der Waals surface area contributed by atoms with Crippen LogP contribution in [0.15, 0.2) is 48.5 Å². The van der Waals surface area contributed by atoms with E-state index >= 15 is 0 Å². The highest BCUT2D eigenvalue weighted by Gasteiger charge is 2.24. The summed E-state index contributed by atoms with van der Waals surface area (Å²) in [6.07, 6.45) is 2.23. The van der Waals surface area contributed by atoms with Crippen molar-refractivity contribution in [2.24, 2.45) is 5.73 Å². The molecular weight excluding hydrogens is 273 g/mol. The lowest BCUT2D eigenvalue weighted by Gasteiger charge is -2.28. The molecule has 106 valence electrons. The van der Waals surface area contributed by atoms with Crippen LogP contribution in [0.25, 0.3) is 0 Å². The largest absolute Gasteiger partial charge is 0.325 e. The van der Waals surface area contributed by atoms with Crippen LogP contribution in [0.4, 0.5) is 4.39 Å². The van der Waals surface area contributed by atoms with Crippen LogP contribution in [0.3, 0.4) is 0 Å². The summed E-state index contributed by atoms with van der Waals surface area (Å²) in [4.78, 5) is 0. The molecule has 1 atom stereocenters. The molecule has 0 saturated heterocycles.